The summed E-state index contributed by atoms with van der Waals surface area (Å²) in [5.74, 6) is 0.438. The van der Waals surface area contributed by atoms with Crippen molar-refractivity contribution in [3.63, 3.8) is 0 Å². The summed E-state index contributed by atoms with van der Waals surface area (Å²) in [4.78, 5) is 0.0734. The maximum atomic E-state index is 12.2. The molecule has 1 aliphatic rings. The molecule has 0 amide bonds. The van der Waals surface area contributed by atoms with Gasteiger partial charge in [-0.3, -0.25) is 0 Å². The second-order valence-corrected chi connectivity index (χ2v) is 7.84. The second-order valence-electron chi connectivity index (χ2n) is 4.98. The van der Waals surface area contributed by atoms with Gasteiger partial charge >= 0.3 is 0 Å². The summed E-state index contributed by atoms with van der Waals surface area (Å²) in [5.41, 5.74) is 5.70. The van der Waals surface area contributed by atoms with E-state index in [2.05, 4.69) is 9.69 Å². The van der Waals surface area contributed by atoms with Crippen molar-refractivity contribution >= 4 is 32.4 Å². The van der Waals surface area contributed by atoms with E-state index in [1.54, 1.807) is 0 Å². The van der Waals surface area contributed by atoms with Gasteiger partial charge in [-0.25, -0.2) is 12.7 Å². The second kappa shape index (κ2) is 6.25. The van der Waals surface area contributed by atoms with Crippen LogP contribution in [0.25, 0.3) is 0 Å². The van der Waals surface area contributed by atoms with Crippen molar-refractivity contribution in [3.8, 4) is 0 Å². The van der Waals surface area contributed by atoms with Crippen molar-refractivity contribution in [1.82, 2.24) is 8.68 Å². The van der Waals surface area contributed by atoms with Crippen molar-refractivity contribution in [3.05, 3.63) is 0 Å². The first-order valence-corrected chi connectivity index (χ1v) is 8.63. The Kier molecular flexibility index (Phi) is 4.84. The molecule has 0 aromatic carbocycles. The van der Waals surface area contributed by atoms with Gasteiger partial charge in [-0.15, -0.1) is 0 Å². The van der Waals surface area contributed by atoms with Gasteiger partial charge in [0.2, 0.25) is 10.0 Å². The molecular formula is C11H20N4O3S2. The van der Waals surface area contributed by atoms with Crippen LogP contribution in [0, 0.1) is 5.92 Å². The molecule has 0 saturated carbocycles. The van der Waals surface area contributed by atoms with Crippen molar-refractivity contribution in [2.45, 2.75) is 17.7 Å². The topological polar surface area (TPSA) is 97.6 Å². The Hall–Kier alpha value is -0.900. The fourth-order valence-corrected chi connectivity index (χ4v) is 4.13. The number of nitrogens with two attached hydrogens (primary N) is 1. The van der Waals surface area contributed by atoms with Crippen molar-refractivity contribution in [2.75, 3.05) is 44.9 Å². The number of nitrogens with zero attached hydrogens (tertiary/aromatic N) is 2. The average molecular weight is 320 g/mol. The predicted octanol–water partition coefficient (Wildman–Crippen LogP) is 0.814. The molecule has 114 valence electrons. The monoisotopic (exact) mass is 320 g/mol. The fraction of sp³-hybridized carbons (Fsp3) is 0.727. The Morgan fingerprint density at radius 1 is 1.55 bits per heavy atom. The number of nitrogen functional groups attached to an aromatic ring is 1. The lowest BCUT2D eigenvalue weighted by Gasteiger charge is -2.22. The normalized spacial score (nSPS) is 20.2. The molecule has 20 heavy (non-hydrogen) atoms. The van der Waals surface area contributed by atoms with E-state index in [4.69, 9.17) is 10.5 Å². The van der Waals surface area contributed by atoms with E-state index in [-0.39, 0.29) is 10.7 Å². The third-order valence-electron chi connectivity index (χ3n) is 3.22. The molecule has 0 radical (unpaired) electrons. The van der Waals surface area contributed by atoms with Gasteiger partial charge in [-0.05, 0) is 30.3 Å². The Labute approximate surface area is 123 Å². The number of nitrogens with one attached hydrogen (secondary N) is 1. The smallest absolute Gasteiger partial charge is 0.249 e. The van der Waals surface area contributed by atoms with Gasteiger partial charge in [0.05, 0.1) is 6.61 Å². The molecule has 1 unspecified atom stereocenters. The largest absolute Gasteiger partial charge is 0.382 e. The van der Waals surface area contributed by atoms with Crippen LogP contribution in [0.2, 0.25) is 0 Å². The summed E-state index contributed by atoms with van der Waals surface area (Å²) in [5, 5.41) is 3.66. The highest BCUT2D eigenvalue weighted by molar-refractivity contribution is 7.89. The maximum Gasteiger partial charge on any atom is 0.249 e. The van der Waals surface area contributed by atoms with Crippen molar-refractivity contribution in [1.29, 1.82) is 0 Å². The van der Waals surface area contributed by atoms with Crippen LogP contribution < -0.4 is 11.1 Å². The van der Waals surface area contributed by atoms with Crippen LogP contribution in [0.1, 0.15) is 12.8 Å². The highest BCUT2D eigenvalue weighted by atomic mass is 32.2. The minimum Gasteiger partial charge on any atom is -0.382 e. The number of hydrogen-bond donors (Lipinski definition) is 2. The molecular weight excluding hydrogens is 300 g/mol. The first-order valence-electron chi connectivity index (χ1n) is 6.42. The van der Waals surface area contributed by atoms with E-state index >= 15 is 0 Å². The SMILES string of the molecule is CN(C)S(=O)(=O)c1c(N)nsc1NCC1CCCOC1. The van der Waals surface area contributed by atoms with E-state index in [0.29, 0.717) is 24.1 Å². The summed E-state index contributed by atoms with van der Waals surface area (Å²) in [7, 11) is -0.631. The molecule has 9 heteroatoms. The van der Waals surface area contributed by atoms with Gasteiger partial charge in [0.15, 0.2) is 10.7 Å². The Morgan fingerprint density at radius 2 is 2.30 bits per heavy atom. The molecule has 1 atom stereocenters. The van der Waals surface area contributed by atoms with E-state index in [1.807, 2.05) is 0 Å². The van der Waals surface area contributed by atoms with E-state index in [1.165, 1.54) is 14.1 Å². The minimum absolute atomic E-state index is 0.0473. The van der Waals surface area contributed by atoms with E-state index < -0.39 is 10.0 Å². The number of hydrogen-bond acceptors (Lipinski definition) is 7. The number of aromatic nitrogens is 1. The van der Waals surface area contributed by atoms with Crippen LogP contribution in [0.3, 0.4) is 0 Å². The quantitative estimate of drug-likeness (QED) is 0.833. The average Bonchev–Trinajstić information content (AvgIpc) is 2.79. The minimum atomic E-state index is -3.59. The summed E-state index contributed by atoms with van der Waals surface area (Å²) in [6, 6.07) is 0. The van der Waals surface area contributed by atoms with E-state index in [9.17, 15) is 8.42 Å². The van der Waals surface area contributed by atoms with Crippen LogP contribution in [-0.4, -0.2) is 51.0 Å². The lowest BCUT2D eigenvalue weighted by Crippen LogP contribution is -2.26. The fourth-order valence-electron chi connectivity index (χ4n) is 2.04. The highest BCUT2D eigenvalue weighted by Gasteiger charge is 2.28. The highest BCUT2D eigenvalue weighted by Crippen LogP contribution is 2.33. The Bertz CT molecular complexity index is 550. The zero-order chi connectivity index (χ0) is 14.8. The van der Waals surface area contributed by atoms with E-state index in [0.717, 1.165) is 35.3 Å². The van der Waals surface area contributed by atoms with Gasteiger partial charge in [0, 0.05) is 27.2 Å². The summed E-state index contributed by atoms with van der Waals surface area (Å²) in [6.07, 6.45) is 2.12. The van der Waals surface area contributed by atoms with Crippen molar-refractivity contribution < 1.29 is 13.2 Å². The molecule has 1 aliphatic heterocycles. The van der Waals surface area contributed by atoms with Gasteiger partial charge in [0.25, 0.3) is 0 Å². The molecule has 0 bridgehead atoms. The third-order valence-corrected chi connectivity index (χ3v) is 6.06. The molecule has 1 aromatic rings. The standard InChI is InChI=1S/C11H20N4O3S2/c1-15(2)20(16,17)9-10(12)14-19-11(9)13-6-8-4-3-5-18-7-8/h8,13H,3-7H2,1-2H3,(H2,12,14). The van der Waals surface area contributed by atoms with Gasteiger partial charge in [-0.1, -0.05) is 0 Å². The van der Waals surface area contributed by atoms with Crippen LogP contribution in [0.5, 0.6) is 0 Å². The zero-order valence-electron chi connectivity index (χ0n) is 11.6. The molecule has 1 fully saturated rings. The summed E-state index contributed by atoms with van der Waals surface area (Å²) in [6.45, 7) is 2.18. The van der Waals surface area contributed by atoms with Crippen molar-refractivity contribution in [2.24, 2.45) is 5.92 Å². The zero-order valence-corrected chi connectivity index (χ0v) is 13.3. The third kappa shape index (κ3) is 3.22. The Morgan fingerprint density at radius 3 is 2.90 bits per heavy atom. The molecule has 0 spiro atoms. The van der Waals surface area contributed by atoms with Gasteiger partial charge < -0.3 is 15.8 Å². The molecule has 7 nitrogen and oxygen atoms in total. The number of ether oxygens (including phenoxy) is 1. The Balaban J connectivity index is 2.13. The van der Waals surface area contributed by atoms with Crippen LogP contribution in [0.4, 0.5) is 10.8 Å². The van der Waals surface area contributed by atoms with Crippen LogP contribution in [-0.2, 0) is 14.8 Å². The lowest BCUT2D eigenvalue weighted by molar-refractivity contribution is 0.0595. The molecule has 2 heterocycles. The number of sulfonamides is 1. The maximum absolute atomic E-state index is 12.2. The molecule has 1 aromatic heterocycles. The van der Waals surface area contributed by atoms with Gasteiger partial charge in [0.1, 0.15) is 5.00 Å². The van der Waals surface area contributed by atoms with Crippen LogP contribution >= 0.6 is 11.5 Å². The number of anilines is 2. The first kappa shape index (κ1) is 15.5. The molecule has 1 saturated heterocycles. The molecule has 3 N–H and O–H groups in total. The first-order chi connectivity index (χ1) is 9.43. The lowest BCUT2D eigenvalue weighted by atomic mass is 10.0. The summed E-state index contributed by atoms with van der Waals surface area (Å²) < 4.78 is 35.0. The molecule has 0 aliphatic carbocycles. The number of rotatable bonds is 5. The van der Waals surface area contributed by atoms with Gasteiger partial charge in [-0.2, -0.15) is 4.37 Å². The summed E-state index contributed by atoms with van der Waals surface area (Å²) >= 11 is 1.08. The van der Waals surface area contributed by atoms with Crippen LogP contribution in [0.15, 0.2) is 4.90 Å². The molecule has 2 rings (SSSR count). The predicted molar refractivity (Wildman–Crippen MR) is 79.4 cm³/mol.